The van der Waals surface area contributed by atoms with Crippen LogP contribution in [0.4, 0.5) is 11.6 Å². The Hall–Kier alpha value is -3.56. The highest BCUT2D eigenvalue weighted by Gasteiger charge is 2.31. The van der Waals surface area contributed by atoms with Gasteiger partial charge in [-0.1, -0.05) is 24.3 Å². The van der Waals surface area contributed by atoms with Gasteiger partial charge in [0.05, 0.1) is 23.8 Å². The van der Waals surface area contributed by atoms with Gasteiger partial charge in [-0.05, 0) is 76.0 Å². The van der Waals surface area contributed by atoms with Crippen molar-refractivity contribution in [1.82, 2.24) is 25.2 Å². The van der Waals surface area contributed by atoms with E-state index in [2.05, 4.69) is 93.9 Å². The molecule has 8 nitrogen and oxygen atoms in total. The van der Waals surface area contributed by atoms with Gasteiger partial charge < -0.3 is 20.4 Å². The summed E-state index contributed by atoms with van der Waals surface area (Å²) in [6, 6.07) is 15.4. The van der Waals surface area contributed by atoms with Crippen LogP contribution < -0.4 is 15.5 Å². The third kappa shape index (κ3) is 5.95. The van der Waals surface area contributed by atoms with Crippen LogP contribution in [0.25, 0.3) is 21.3 Å². The minimum atomic E-state index is 0.0731. The molecule has 4 aromatic rings. The maximum atomic E-state index is 12.2. The summed E-state index contributed by atoms with van der Waals surface area (Å²) >= 11 is 1.82. The second kappa shape index (κ2) is 11.1. The van der Waals surface area contributed by atoms with Crippen LogP contribution in [-0.4, -0.2) is 59.0 Å². The average Bonchev–Trinajstić information content (AvgIpc) is 3.56. The standard InChI is InChI=1S/C31H37N7OS/c1-19(27-11-12-28(40-27)24-8-6-5-7-22(24)16-37(3)4)33-31-25-14-29(32-15-26(25)34-20(2)35-31)38-17-23(18-38)36-30(39)13-21-9-10-21/h5-8,11-12,14-15,19,21,23H,9-10,13,16-18H2,1-4H3,(H,36,39)(H,33,34,35). The third-order valence-corrected chi connectivity index (χ3v) is 8.90. The van der Waals surface area contributed by atoms with Crippen molar-refractivity contribution in [3.05, 3.63) is 64.9 Å². The summed E-state index contributed by atoms with van der Waals surface area (Å²) in [6.07, 6.45) is 4.89. The number of aromatic nitrogens is 3. The minimum absolute atomic E-state index is 0.0731. The van der Waals surface area contributed by atoms with E-state index in [1.165, 1.54) is 33.7 Å². The van der Waals surface area contributed by atoms with Crippen molar-refractivity contribution >= 4 is 39.8 Å². The molecule has 1 aromatic carbocycles. The maximum Gasteiger partial charge on any atom is 0.220 e. The molecule has 0 bridgehead atoms. The van der Waals surface area contributed by atoms with E-state index in [-0.39, 0.29) is 18.0 Å². The molecule has 2 fully saturated rings. The van der Waals surface area contributed by atoms with Gasteiger partial charge in [0.25, 0.3) is 0 Å². The molecule has 1 saturated carbocycles. The first-order valence-corrected chi connectivity index (χ1v) is 14.9. The van der Waals surface area contributed by atoms with Crippen molar-refractivity contribution in [3.63, 3.8) is 0 Å². The summed E-state index contributed by atoms with van der Waals surface area (Å²) in [5.74, 6) is 3.20. The zero-order valence-corrected chi connectivity index (χ0v) is 24.5. The first-order chi connectivity index (χ1) is 19.3. The van der Waals surface area contributed by atoms with E-state index >= 15 is 0 Å². The highest BCUT2D eigenvalue weighted by atomic mass is 32.1. The number of carbonyl (C=O) groups is 1. The Balaban J connectivity index is 1.17. The summed E-state index contributed by atoms with van der Waals surface area (Å²) in [6.45, 7) is 6.54. The average molecular weight is 556 g/mol. The number of benzene rings is 1. The number of anilines is 2. The number of fused-ring (bicyclic) bond motifs is 1. The Morgan fingerprint density at radius 2 is 1.95 bits per heavy atom. The summed E-state index contributed by atoms with van der Waals surface area (Å²) < 4.78 is 0. The lowest BCUT2D eigenvalue weighted by molar-refractivity contribution is -0.122. The molecule has 1 unspecified atom stereocenters. The van der Waals surface area contributed by atoms with Crippen LogP contribution in [-0.2, 0) is 11.3 Å². The molecule has 9 heteroatoms. The Morgan fingerprint density at radius 1 is 1.15 bits per heavy atom. The van der Waals surface area contributed by atoms with Gasteiger partial charge in [0.1, 0.15) is 17.5 Å². The van der Waals surface area contributed by atoms with Crippen LogP contribution >= 0.6 is 11.3 Å². The molecule has 1 aliphatic carbocycles. The van der Waals surface area contributed by atoms with Crippen molar-refractivity contribution in [2.75, 3.05) is 37.4 Å². The lowest BCUT2D eigenvalue weighted by Gasteiger charge is -2.40. The summed E-state index contributed by atoms with van der Waals surface area (Å²) in [5, 5.41) is 7.79. The Kier molecular flexibility index (Phi) is 7.42. The highest BCUT2D eigenvalue weighted by molar-refractivity contribution is 7.15. The number of nitrogens with zero attached hydrogens (tertiary/aromatic N) is 5. The van der Waals surface area contributed by atoms with Gasteiger partial charge >= 0.3 is 0 Å². The molecule has 40 heavy (non-hydrogen) atoms. The number of hydrogen-bond acceptors (Lipinski definition) is 8. The van der Waals surface area contributed by atoms with Crippen molar-refractivity contribution in [2.45, 2.75) is 51.7 Å². The van der Waals surface area contributed by atoms with Crippen LogP contribution in [0.2, 0.25) is 0 Å². The third-order valence-electron chi connectivity index (χ3n) is 7.60. The van der Waals surface area contributed by atoms with E-state index in [0.717, 1.165) is 42.2 Å². The zero-order chi connectivity index (χ0) is 27.8. The SMILES string of the molecule is Cc1nc(NC(C)c2ccc(-c3ccccc3CN(C)C)s2)c2cc(N3CC(NC(=O)CC4CC4)C3)ncc2n1. The topological polar surface area (TPSA) is 86.3 Å². The number of nitrogens with one attached hydrogen (secondary N) is 2. The smallest absolute Gasteiger partial charge is 0.220 e. The van der Waals surface area contributed by atoms with Crippen molar-refractivity contribution in [2.24, 2.45) is 5.92 Å². The second-order valence-electron chi connectivity index (χ2n) is 11.5. The fourth-order valence-electron chi connectivity index (χ4n) is 5.29. The van der Waals surface area contributed by atoms with Crippen LogP contribution in [0.1, 0.15) is 48.5 Å². The first-order valence-electron chi connectivity index (χ1n) is 14.1. The fraction of sp³-hybridized carbons (Fsp3) is 0.419. The summed E-state index contributed by atoms with van der Waals surface area (Å²) in [5.41, 5.74) is 3.44. The molecule has 2 N–H and O–H groups in total. The molecule has 4 heterocycles. The molecule has 1 atom stereocenters. The number of thiophene rings is 1. The van der Waals surface area contributed by atoms with E-state index in [0.29, 0.717) is 18.2 Å². The molecule has 208 valence electrons. The largest absolute Gasteiger partial charge is 0.362 e. The van der Waals surface area contributed by atoms with Gasteiger partial charge in [0.15, 0.2) is 0 Å². The predicted molar refractivity (Wildman–Crippen MR) is 163 cm³/mol. The van der Waals surface area contributed by atoms with Crippen molar-refractivity contribution < 1.29 is 4.79 Å². The lowest BCUT2D eigenvalue weighted by Crippen LogP contribution is -2.59. The van der Waals surface area contributed by atoms with Gasteiger partial charge in [0, 0.05) is 41.2 Å². The fourth-order valence-corrected chi connectivity index (χ4v) is 6.36. The number of carbonyl (C=O) groups excluding carboxylic acids is 1. The molecule has 0 radical (unpaired) electrons. The molecule has 0 spiro atoms. The Labute approximate surface area is 239 Å². The minimum Gasteiger partial charge on any atom is -0.362 e. The van der Waals surface area contributed by atoms with Crippen molar-refractivity contribution in [1.29, 1.82) is 0 Å². The molecule has 1 amide bonds. The molecular weight excluding hydrogens is 518 g/mol. The van der Waals surface area contributed by atoms with Gasteiger partial charge in [-0.2, -0.15) is 0 Å². The molecular formula is C31H37N7OS. The molecule has 1 saturated heterocycles. The van der Waals surface area contributed by atoms with Gasteiger partial charge in [-0.25, -0.2) is 15.0 Å². The number of aryl methyl sites for hydroxylation is 1. The lowest BCUT2D eigenvalue weighted by atomic mass is 10.1. The van der Waals surface area contributed by atoms with Crippen LogP contribution in [0.5, 0.6) is 0 Å². The number of amides is 1. The van der Waals surface area contributed by atoms with E-state index in [1.807, 2.05) is 24.5 Å². The van der Waals surface area contributed by atoms with E-state index in [4.69, 9.17) is 4.98 Å². The summed E-state index contributed by atoms with van der Waals surface area (Å²) in [7, 11) is 4.21. The Morgan fingerprint density at radius 3 is 2.73 bits per heavy atom. The van der Waals surface area contributed by atoms with Crippen LogP contribution in [0, 0.1) is 12.8 Å². The quantitative estimate of drug-likeness (QED) is 0.271. The molecule has 6 rings (SSSR count). The maximum absolute atomic E-state index is 12.2. The predicted octanol–water partition coefficient (Wildman–Crippen LogP) is 5.40. The highest BCUT2D eigenvalue weighted by Crippen LogP contribution is 2.36. The molecule has 2 aliphatic rings. The van der Waals surface area contributed by atoms with Gasteiger partial charge in [-0.3, -0.25) is 4.79 Å². The molecule has 3 aromatic heterocycles. The summed E-state index contributed by atoms with van der Waals surface area (Å²) in [4.78, 5) is 33.2. The van der Waals surface area contributed by atoms with Gasteiger partial charge in [-0.15, -0.1) is 11.3 Å². The second-order valence-corrected chi connectivity index (χ2v) is 12.6. The monoisotopic (exact) mass is 555 g/mol. The number of rotatable bonds is 10. The normalized spacial score (nSPS) is 16.3. The van der Waals surface area contributed by atoms with Gasteiger partial charge in [0.2, 0.25) is 5.91 Å². The number of pyridine rings is 1. The van der Waals surface area contributed by atoms with Crippen LogP contribution in [0.15, 0.2) is 48.7 Å². The zero-order valence-electron chi connectivity index (χ0n) is 23.6. The van der Waals surface area contributed by atoms with E-state index < -0.39 is 0 Å². The van der Waals surface area contributed by atoms with E-state index in [1.54, 1.807) is 0 Å². The van der Waals surface area contributed by atoms with E-state index in [9.17, 15) is 4.79 Å². The number of hydrogen-bond donors (Lipinski definition) is 2. The molecule has 1 aliphatic heterocycles. The van der Waals surface area contributed by atoms with Crippen LogP contribution in [0.3, 0.4) is 0 Å². The van der Waals surface area contributed by atoms with Crippen molar-refractivity contribution in [3.8, 4) is 10.4 Å². The Bertz CT molecular complexity index is 1520. The first kappa shape index (κ1) is 26.7.